The molecule has 1 aromatic carbocycles. The maximum atomic E-state index is 10.9. The molecule has 0 radical (unpaired) electrons. The van der Waals surface area contributed by atoms with Crippen LogP contribution in [-0.4, -0.2) is 53.4 Å². The number of rotatable bonds is 8. The van der Waals surface area contributed by atoms with Crippen LogP contribution in [0.3, 0.4) is 0 Å². The summed E-state index contributed by atoms with van der Waals surface area (Å²) in [5.74, 6) is 0. The molecule has 0 aliphatic carbocycles. The molecular weight excluding hydrogens is 272 g/mol. The summed E-state index contributed by atoms with van der Waals surface area (Å²) in [7, 11) is 1.87. The molecule has 6 nitrogen and oxygen atoms in total. The van der Waals surface area contributed by atoms with E-state index in [-0.39, 0.29) is 18.9 Å². The monoisotopic (exact) mass is 294 g/mol. The Labute approximate surface area is 124 Å². The molecule has 0 saturated heterocycles. The number of nitro groups is 1. The van der Waals surface area contributed by atoms with Gasteiger partial charge in [-0.1, -0.05) is 31.2 Å². The van der Waals surface area contributed by atoms with E-state index < -0.39 is 10.3 Å². The predicted molar refractivity (Wildman–Crippen MR) is 81.9 cm³/mol. The van der Waals surface area contributed by atoms with E-state index in [0.717, 1.165) is 0 Å². The lowest BCUT2D eigenvalue weighted by Gasteiger charge is -2.29. The zero-order chi connectivity index (χ0) is 15.9. The standard InChI is InChI=1S/C15H22N2O4/c1-15(11-18,12-19)10-16(2)9-5-7-13-6-3-4-8-14(13)17(20)21/h3-8,18-19H,9-12H2,1-2H3/b7-5+. The van der Waals surface area contributed by atoms with Crippen LogP contribution in [-0.2, 0) is 0 Å². The normalized spacial score (nSPS) is 12.2. The molecule has 0 unspecified atom stereocenters. The second-order valence-corrected chi connectivity index (χ2v) is 5.54. The molecule has 0 fully saturated rings. The molecule has 2 N–H and O–H groups in total. The van der Waals surface area contributed by atoms with Gasteiger partial charge in [0.15, 0.2) is 0 Å². The van der Waals surface area contributed by atoms with Gasteiger partial charge < -0.3 is 15.1 Å². The van der Waals surface area contributed by atoms with E-state index in [2.05, 4.69) is 0 Å². The summed E-state index contributed by atoms with van der Waals surface area (Å²) in [5.41, 5.74) is 0.0800. The van der Waals surface area contributed by atoms with Gasteiger partial charge in [0.05, 0.1) is 23.7 Å². The lowest BCUT2D eigenvalue weighted by atomic mass is 9.92. The first-order valence-corrected chi connectivity index (χ1v) is 6.72. The van der Waals surface area contributed by atoms with E-state index in [1.54, 1.807) is 31.2 Å². The largest absolute Gasteiger partial charge is 0.396 e. The van der Waals surface area contributed by atoms with Crippen LogP contribution in [0.25, 0.3) is 6.08 Å². The molecule has 116 valence electrons. The quantitative estimate of drug-likeness (QED) is 0.561. The minimum absolute atomic E-state index is 0.0759. The van der Waals surface area contributed by atoms with Crippen molar-refractivity contribution in [2.24, 2.45) is 5.41 Å². The molecule has 0 aliphatic heterocycles. The lowest BCUT2D eigenvalue weighted by Crippen LogP contribution is -2.39. The van der Waals surface area contributed by atoms with Crippen molar-refractivity contribution in [3.8, 4) is 0 Å². The molecule has 0 heterocycles. The highest BCUT2D eigenvalue weighted by Crippen LogP contribution is 2.19. The van der Waals surface area contributed by atoms with Gasteiger partial charge in [-0.2, -0.15) is 0 Å². The van der Waals surface area contributed by atoms with Crippen LogP contribution < -0.4 is 0 Å². The molecule has 0 bridgehead atoms. The fraction of sp³-hybridized carbons (Fsp3) is 0.467. The van der Waals surface area contributed by atoms with Crippen molar-refractivity contribution in [1.82, 2.24) is 4.90 Å². The Kier molecular flexibility index (Phi) is 6.48. The van der Waals surface area contributed by atoms with Crippen molar-refractivity contribution in [3.63, 3.8) is 0 Å². The van der Waals surface area contributed by atoms with Gasteiger partial charge in [-0.05, 0) is 13.1 Å². The SMILES string of the molecule is CN(C/C=C/c1ccccc1[N+](=O)[O-])CC(C)(CO)CO. The molecule has 1 rings (SSSR count). The Hall–Kier alpha value is -1.76. The molecular formula is C15H22N2O4. The Morgan fingerprint density at radius 2 is 1.95 bits per heavy atom. The average Bonchev–Trinajstić information content (AvgIpc) is 2.47. The molecule has 0 saturated carbocycles. The third-order valence-corrected chi connectivity index (χ3v) is 3.26. The molecule has 0 aromatic heterocycles. The summed E-state index contributed by atoms with van der Waals surface area (Å²) in [4.78, 5) is 12.4. The van der Waals surface area contributed by atoms with Crippen LogP contribution in [0.5, 0.6) is 0 Å². The first-order valence-electron chi connectivity index (χ1n) is 6.72. The lowest BCUT2D eigenvalue weighted by molar-refractivity contribution is -0.385. The molecule has 0 aliphatic rings. The van der Waals surface area contributed by atoms with E-state index in [4.69, 9.17) is 0 Å². The van der Waals surface area contributed by atoms with E-state index in [0.29, 0.717) is 18.7 Å². The summed E-state index contributed by atoms with van der Waals surface area (Å²) in [5, 5.41) is 29.4. The Bertz CT molecular complexity index is 498. The minimum Gasteiger partial charge on any atom is -0.396 e. The third kappa shape index (κ3) is 5.26. The first kappa shape index (κ1) is 17.3. The van der Waals surface area contributed by atoms with Gasteiger partial charge in [-0.25, -0.2) is 0 Å². The van der Waals surface area contributed by atoms with Crippen LogP contribution in [0.2, 0.25) is 0 Å². The van der Waals surface area contributed by atoms with Gasteiger partial charge >= 0.3 is 0 Å². The highest BCUT2D eigenvalue weighted by atomic mass is 16.6. The van der Waals surface area contributed by atoms with Gasteiger partial charge in [-0.3, -0.25) is 10.1 Å². The summed E-state index contributed by atoms with van der Waals surface area (Å²) in [6.07, 6.45) is 3.54. The number of likely N-dealkylation sites (N-methyl/N-ethyl adjacent to an activating group) is 1. The van der Waals surface area contributed by atoms with Crippen LogP contribution in [0.1, 0.15) is 12.5 Å². The number of aliphatic hydroxyl groups is 2. The fourth-order valence-electron chi connectivity index (χ4n) is 2.02. The van der Waals surface area contributed by atoms with Crippen LogP contribution in [0.15, 0.2) is 30.3 Å². The van der Waals surface area contributed by atoms with E-state index >= 15 is 0 Å². The number of para-hydroxylation sites is 1. The van der Waals surface area contributed by atoms with Gasteiger partial charge in [0.25, 0.3) is 5.69 Å². The summed E-state index contributed by atoms with van der Waals surface area (Å²) in [6.45, 7) is 2.71. The van der Waals surface area contributed by atoms with E-state index in [1.165, 1.54) is 6.07 Å². The van der Waals surface area contributed by atoms with Crippen molar-refractivity contribution in [2.75, 3.05) is 33.4 Å². The van der Waals surface area contributed by atoms with E-state index in [9.17, 15) is 20.3 Å². The van der Waals surface area contributed by atoms with Crippen molar-refractivity contribution >= 4 is 11.8 Å². The van der Waals surface area contributed by atoms with Crippen molar-refractivity contribution in [1.29, 1.82) is 0 Å². The Morgan fingerprint density at radius 3 is 2.52 bits per heavy atom. The summed E-state index contributed by atoms with van der Waals surface area (Å²) < 4.78 is 0. The predicted octanol–water partition coefficient (Wildman–Crippen LogP) is 1.53. The zero-order valence-corrected chi connectivity index (χ0v) is 12.4. The summed E-state index contributed by atoms with van der Waals surface area (Å²) >= 11 is 0. The van der Waals surface area contributed by atoms with Crippen LogP contribution >= 0.6 is 0 Å². The molecule has 21 heavy (non-hydrogen) atoms. The zero-order valence-electron chi connectivity index (χ0n) is 12.4. The molecule has 1 aromatic rings. The minimum atomic E-state index is -0.554. The van der Waals surface area contributed by atoms with Crippen LogP contribution in [0, 0.1) is 15.5 Å². The molecule has 6 heteroatoms. The number of aliphatic hydroxyl groups excluding tert-OH is 2. The van der Waals surface area contributed by atoms with Gasteiger partial charge in [0.2, 0.25) is 0 Å². The number of hydrogen-bond acceptors (Lipinski definition) is 5. The second kappa shape index (κ2) is 7.87. The average molecular weight is 294 g/mol. The number of nitrogens with zero attached hydrogens (tertiary/aromatic N) is 2. The smallest absolute Gasteiger partial charge is 0.276 e. The molecule has 0 spiro atoms. The maximum Gasteiger partial charge on any atom is 0.276 e. The molecule has 0 atom stereocenters. The number of benzene rings is 1. The van der Waals surface area contributed by atoms with Gasteiger partial charge in [-0.15, -0.1) is 0 Å². The number of hydrogen-bond donors (Lipinski definition) is 2. The highest BCUT2D eigenvalue weighted by Gasteiger charge is 2.23. The Morgan fingerprint density at radius 1 is 1.33 bits per heavy atom. The van der Waals surface area contributed by atoms with Gasteiger partial charge in [0.1, 0.15) is 0 Å². The van der Waals surface area contributed by atoms with Crippen molar-refractivity contribution < 1.29 is 15.1 Å². The van der Waals surface area contributed by atoms with Crippen LogP contribution in [0.4, 0.5) is 5.69 Å². The van der Waals surface area contributed by atoms with Gasteiger partial charge in [0, 0.05) is 24.6 Å². The van der Waals surface area contributed by atoms with Crippen molar-refractivity contribution in [2.45, 2.75) is 6.92 Å². The topological polar surface area (TPSA) is 86.8 Å². The highest BCUT2D eigenvalue weighted by molar-refractivity contribution is 5.60. The fourth-order valence-corrected chi connectivity index (χ4v) is 2.02. The van der Waals surface area contributed by atoms with E-state index in [1.807, 2.05) is 18.0 Å². The molecule has 0 amide bonds. The third-order valence-electron chi connectivity index (χ3n) is 3.26. The second-order valence-electron chi connectivity index (χ2n) is 5.54. The number of nitro benzene ring substituents is 1. The first-order chi connectivity index (χ1) is 9.91. The maximum absolute atomic E-state index is 10.9. The Balaban J connectivity index is 2.65. The summed E-state index contributed by atoms with van der Waals surface area (Å²) in [6, 6.07) is 6.55. The van der Waals surface area contributed by atoms with Crippen molar-refractivity contribution in [3.05, 3.63) is 46.0 Å².